The van der Waals surface area contributed by atoms with Crippen LogP contribution in [-0.2, 0) is 0 Å². The van der Waals surface area contributed by atoms with Crippen molar-refractivity contribution >= 4 is 11.5 Å². The van der Waals surface area contributed by atoms with E-state index in [1.165, 1.54) is 19.3 Å². The zero-order chi connectivity index (χ0) is 13.1. The molecule has 1 aromatic carbocycles. The summed E-state index contributed by atoms with van der Waals surface area (Å²) in [6, 6.07) is 5.75. The molecule has 0 bridgehead atoms. The zero-order valence-electron chi connectivity index (χ0n) is 11.4. The lowest BCUT2D eigenvalue weighted by Gasteiger charge is -2.27. The van der Waals surface area contributed by atoms with Crippen LogP contribution in [0.1, 0.15) is 54.9 Å². The highest BCUT2D eigenvalue weighted by Gasteiger charge is 2.27. The third-order valence-electron chi connectivity index (χ3n) is 4.21. The van der Waals surface area contributed by atoms with Gasteiger partial charge >= 0.3 is 0 Å². The van der Waals surface area contributed by atoms with Crippen LogP contribution in [0, 0.1) is 18.8 Å². The molecule has 2 rings (SSSR count). The minimum Gasteiger partial charge on any atom is -0.398 e. The Labute approximate surface area is 110 Å². The summed E-state index contributed by atoms with van der Waals surface area (Å²) in [5.41, 5.74) is 8.41. The number of hydrogen-bond acceptors (Lipinski definition) is 2. The lowest BCUT2D eigenvalue weighted by molar-refractivity contribution is 0.0863. The molecule has 98 valence electrons. The summed E-state index contributed by atoms with van der Waals surface area (Å²) in [6.07, 6.45) is 5.72. The van der Waals surface area contributed by atoms with E-state index < -0.39 is 0 Å². The molecule has 2 heteroatoms. The Morgan fingerprint density at radius 1 is 1.39 bits per heavy atom. The van der Waals surface area contributed by atoms with Gasteiger partial charge in [-0.05, 0) is 37.8 Å². The molecule has 2 N–H and O–H groups in total. The normalized spacial score (nSPS) is 23.9. The molecule has 2 atom stereocenters. The maximum absolute atomic E-state index is 12.6. The van der Waals surface area contributed by atoms with Gasteiger partial charge in [0.05, 0.1) is 0 Å². The van der Waals surface area contributed by atoms with Crippen LogP contribution in [0.15, 0.2) is 18.2 Å². The maximum atomic E-state index is 12.6. The first-order chi connectivity index (χ1) is 8.61. The molecule has 1 aliphatic rings. The van der Waals surface area contributed by atoms with Crippen LogP contribution in [-0.4, -0.2) is 5.78 Å². The molecule has 2 unspecified atom stereocenters. The Morgan fingerprint density at radius 2 is 2.17 bits per heavy atom. The molecule has 1 aliphatic carbocycles. The summed E-state index contributed by atoms with van der Waals surface area (Å²) in [5.74, 6) is 1.17. The van der Waals surface area contributed by atoms with Crippen molar-refractivity contribution in [3.05, 3.63) is 29.3 Å². The molecule has 1 fully saturated rings. The van der Waals surface area contributed by atoms with Crippen molar-refractivity contribution in [3.8, 4) is 0 Å². The molecule has 0 amide bonds. The quantitative estimate of drug-likeness (QED) is 0.646. The number of nitrogen functional groups attached to an aromatic ring is 1. The van der Waals surface area contributed by atoms with E-state index in [4.69, 9.17) is 5.73 Å². The number of carbonyl (C=O) groups is 1. The third-order valence-corrected chi connectivity index (χ3v) is 4.21. The Morgan fingerprint density at radius 3 is 2.89 bits per heavy atom. The van der Waals surface area contributed by atoms with Gasteiger partial charge in [-0.25, -0.2) is 0 Å². The van der Waals surface area contributed by atoms with Crippen molar-refractivity contribution in [2.45, 2.75) is 46.0 Å². The first-order valence-electron chi connectivity index (χ1n) is 7.02. The fourth-order valence-corrected chi connectivity index (χ4v) is 3.00. The molecule has 0 aliphatic heterocycles. The Kier molecular flexibility index (Phi) is 4.05. The molecule has 18 heavy (non-hydrogen) atoms. The molecule has 0 radical (unpaired) electrons. The molecule has 0 heterocycles. The van der Waals surface area contributed by atoms with Crippen LogP contribution >= 0.6 is 0 Å². The highest BCUT2D eigenvalue weighted by atomic mass is 16.1. The molecule has 2 nitrogen and oxygen atoms in total. The highest BCUT2D eigenvalue weighted by molar-refractivity contribution is 6.02. The largest absolute Gasteiger partial charge is 0.398 e. The number of Topliss-reactive ketones (excluding diaryl/α,β-unsaturated/α-hetero) is 1. The van der Waals surface area contributed by atoms with E-state index in [2.05, 4.69) is 6.92 Å². The average molecular weight is 245 g/mol. The van der Waals surface area contributed by atoms with Crippen molar-refractivity contribution in [2.75, 3.05) is 5.73 Å². The molecule has 0 saturated heterocycles. The van der Waals surface area contributed by atoms with Crippen LogP contribution in [0.5, 0.6) is 0 Å². The molecular weight excluding hydrogens is 222 g/mol. The Bertz CT molecular complexity index is 439. The fourth-order valence-electron chi connectivity index (χ4n) is 3.00. The van der Waals surface area contributed by atoms with Gasteiger partial charge in [0.1, 0.15) is 0 Å². The van der Waals surface area contributed by atoms with Gasteiger partial charge in [0, 0.05) is 17.2 Å². The van der Waals surface area contributed by atoms with E-state index in [0.717, 1.165) is 29.9 Å². The van der Waals surface area contributed by atoms with E-state index >= 15 is 0 Å². The SMILES string of the molecule is CCC1CCCC(C(=O)c2cc(C)ccc2N)C1. The van der Waals surface area contributed by atoms with Gasteiger partial charge in [0.25, 0.3) is 0 Å². The van der Waals surface area contributed by atoms with Crippen molar-refractivity contribution in [2.24, 2.45) is 11.8 Å². The number of hydrogen-bond donors (Lipinski definition) is 1. The van der Waals surface area contributed by atoms with Gasteiger partial charge in [0.2, 0.25) is 0 Å². The van der Waals surface area contributed by atoms with Crippen molar-refractivity contribution in [1.82, 2.24) is 0 Å². The summed E-state index contributed by atoms with van der Waals surface area (Å²) < 4.78 is 0. The van der Waals surface area contributed by atoms with Crippen molar-refractivity contribution in [3.63, 3.8) is 0 Å². The molecule has 1 aromatic rings. The van der Waals surface area contributed by atoms with Crippen LogP contribution in [0.25, 0.3) is 0 Å². The number of nitrogens with two attached hydrogens (primary N) is 1. The highest BCUT2D eigenvalue weighted by Crippen LogP contribution is 2.34. The van der Waals surface area contributed by atoms with Crippen LogP contribution in [0.2, 0.25) is 0 Å². The predicted molar refractivity (Wildman–Crippen MR) is 75.7 cm³/mol. The molecular formula is C16H23NO. The molecule has 0 spiro atoms. The number of anilines is 1. The van der Waals surface area contributed by atoms with Crippen molar-refractivity contribution in [1.29, 1.82) is 0 Å². The van der Waals surface area contributed by atoms with Gasteiger partial charge in [-0.1, -0.05) is 37.8 Å². The van der Waals surface area contributed by atoms with Crippen LogP contribution < -0.4 is 5.73 Å². The minimum atomic E-state index is 0.188. The smallest absolute Gasteiger partial charge is 0.168 e. The maximum Gasteiger partial charge on any atom is 0.168 e. The van der Waals surface area contributed by atoms with Gasteiger partial charge in [-0.3, -0.25) is 4.79 Å². The van der Waals surface area contributed by atoms with E-state index in [0.29, 0.717) is 5.69 Å². The van der Waals surface area contributed by atoms with E-state index in [1.54, 1.807) is 0 Å². The zero-order valence-corrected chi connectivity index (χ0v) is 11.4. The molecule has 1 saturated carbocycles. The van der Waals surface area contributed by atoms with Crippen molar-refractivity contribution < 1.29 is 4.79 Å². The van der Waals surface area contributed by atoms with Crippen LogP contribution in [0.4, 0.5) is 5.69 Å². The first kappa shape index (κ1) is 13.1. The topological polar surface area (TPSA) is 43.1 Å². The summed E-state index contributed by atoms with van der Waals surface area (Å²) in [6.45, 7) is 4.23. The lowest BCUT2D eigenvalue weighted by atomic mass is 9.77. The monoisotopic (exact) mass is 245 g/mol. The predicted octanol–water partition coefficient (Wildman–Crippen LogP) is 3.98. The van der Waals surface area contributed by atoms with Gasteiger partial charge in [0.15, 0.2) is 5.78 Å². The number of ketones is 1. The van der Waals surface area contributed by atoms with Gasteiger partial charge in [-0.15, -0.1) is 0 Å². The number of benzene rings is 1. The molecule has 0 aromatic heterocycles. The summed E-state index contributed by atoms with van der Waals surface area (Å²) in [5, 5.41) is 0. The standard InChI is InChI=1S/C16H23NO/c1-3-12-5-4-6-13(10-12)16(18)14-9-11(2)7-8-15(14)17/h7-9,12-13H,3-6,10,17H2,1-2H3. The van der Waals surface area contributed by atoms with Gasteiger partial charge in [-0.2, -0.15) is 0 Å². The average Bonchev–Trinajstić information content (AvgIpc) is 2.41. The summed E-state index contributed by atoms with van der Waals surface area (Å²) in [4.78, 5) is 12.6. The lowest BCUT2D eigenvalue weighted by Crippen LogP contribution is -2.23. The van der Waals surface area contributed by atoms with E-state index in [1.807, 2.05) is 25.1 Å². The van der Waals surface area contributed by atoms with E-state index in [9.17, 15) is 4.79 Å². The second-order valence-corrected chi connectivity index (χ2v) is 5.59. The summed E-state index contributed by atoms with van der Waals surface area (Å²) in [7, 11) is 0. The minimum absolute atomic E-state index is 0.188. The number of rotatable bonds is 3. The van der Waals surface area contributed by atoms with Gasteiger partial charge < -0.3 is 5.73 Å². The Hall–Kier alpha value is -1.31. The first-order valence-corrected chi connectivity index (χ1v) is 7.02. The fraction of sp³-hybridized carbons (Fsp3) is 0.562. The van der Waals surface area contributed by atoms with E-state index in [-0.39, 0.29) is 11.7 Å². The Balaban J connectivity index is 2.17. The number of carbonyl (C=O) groups excluding carboxylic acids is 1. The third kappa shape index (κ3) is 2.74. The second kappa shape index (κ2) is 5.55. The summed E-state index contributed by atoms with van der Waals surface area (Å²) >= 11 is 0. The van der Waals surface area contributed by atoms with Crippen LogP contribution in [0.3, 0.4) is 0 Å². The second-order valence-electron chi connectivity index (χ2n) is 5.59. The number of aryl methyl sites for hydroxylation is 1.